The lowest BCUT2D eigenvalue weighted by molar-refractivity contribution is 0.0691. The van der Waals surface area contributed by atoms with Crippen molar-refractivity contribution in [1.29, 1.82) is 0 Å². The molecule has 4 rings (SSSR count). The standard InChI is InChI=1S/C20H18N2O4/c23-19(13-3-6-16(7-4-13)26-11-12-1-2-12)21-15-5-8-17-14(9-15)10-18(22-17)20(24)25/h3-10,12,22H,1-2,11H2,(H,21,23)(H,24,25). The monoisotopic (exact) mass is 350 g/mol. The van der Waals surface area contributed by atoms with Gasteiger partial charge in [0.15, 0.2) is 0 Å². The fourth-order valence-electron chi connectivity index (χ4n) is 2.73. The molecule has 0 unspecified atom stereocenters. The number of aromatic nitrogens is 1. The number of anilines is 1. The normalized spacial score (nSPS) is 13.5. The third-order valence-corrected chi connectivity index (χ3v) is 4.41. The number of fused-ring (bicyclic) bond motifs is 1. The Morgan fingerprint density at radius 3 is 2.58 bits per heavy atom. The zero-order valence-corrected chi connectivity index (χ0v) is 14.0. The number of aromatic amines is 1. The van der Waals surface area contributed by atoms with E-state index in [9.17, 15) is 9.59 Å². The Kier molecular flexibility index (Phi) is 4.08. The number of rotatable bonds is 6. The molecule has 1 aliphatic carbocycles. The van der Waals surface area contributed by atoms with Crippen LogP contribution in [0, 0.1) is 5.92 Å². The summed E-state index contributed by atoms with van der Waals surface area (Å²) >= 11 is 0. The predicted molar refractivity (Wildman–Crippen MR) is 97.9 cm³/mol. The highest BCUT2D eigenvalue weighted by molar-refractivity contribution is 6.05. The van der Waals surface area contributed by atoms with E-state index in [1.165, 1.54) is 12.8 Å². The molecule has 6 heteroatoms. The summed E-state index contributed by atoms with van der Waals surface area (Å²) in [6.45, 7) is 0.737. The molecule has 0 saturated heterocycles. The second-order valence-corrected chi connectivity index (χ2v) is 6.52. The van der Waals surface area contributed by atoms with Gasteiger partial charge in [-0.2, -0.15) is 0 Å². The Balaban J connectivity index is 1.44. The average molecular weight is 350 g/mol. The zero-order valence-electron chi connectivity index (χ0n) is 14.0. The summed E-state index contributed by atoms with van der Waals surface area (Å²) < 4.78 is 5.67. The molecule has 0 aliphatic heterocycles. The van der Waals surface area contributed by atoms with Crippen molar-refractivity contribution >= 4 is 28.5 Å². The third-order valence-electron chi connectivity index (χ3n) is 4.41. The number of hydrogen-bond acceptors (Lipinski definition) is 3. The molecule has 0 bridgehead atoms. The Labute approximate surface area is 149 Å². The number of aromatic carboxylic acids is 1. The molecule has 2 aromatic carbocycles. The summed E-state index contributed by atoms with van der Waals surface area (Å²) in [7, 11) is 0. The van der Waals surface area contributed by atoms with Gasteiger partial charge in [-0.05, 0) is 67.3 Å². The number of amides is 1. The van der Waals surface area contributed by atoms with Crippen molar-refractivity contribution in [1.82, 2.24) is 4.98 Å². The molecule has 3 aromatic rings. The molecule has 1 fully saturated rings. The van der Waals surface area contributed by atoms with Gasteiger partial charge in [-0.3, -0.25) is 4.79 Å². The van der Waals surface area contributed by atoms with Crippen LogP contribution in [-0.2, 0) is 0 Å². The van der Waals surface area contributed by atoms with Crippen molar-refractivity contribution in [3.63, 3.8) is 0 Å². The third kappa shape index (κ3) is 3.54. The number of carbonyl (C=O) groups excluding carboxylic acids is 1. The summed E-state index contributed by atoms with van der Waals surface area (Å²) in [5.41, 5.74) is 1.96. The van der Waals surface area contributed by atoms with Crippen LogP contribution in [0.3, 0.4) is 0 Å². The molecular weight excluding hydrogens is 332 g/mol. The lowest BCUT2D eigenvalue weighted by atomic mass is 10.2. The van der Waals surface area contributed by atoms with E-state index < -0.39 is 5.97 Å². The van der Waals surface area contributed by atoms with E-state index in [0.717, 1.165) is 17.7 Å². The second kappa shape index (κ2) is 6.55. The lowest BCUT2D eigenvalue weighted by Gasteiger charge is -2.08. The van der Waals surface area contributed by atoms with Crippen molar-refractivity contribution in [3.05, 3.63) is 59.8 Å². The van der Waals surface area contributed by atoms with Crippen molar-refractivity contribution in [3.8, 4) is 5.75 Å². The van der Waals surface area contributed by atoms with Crippen LogP contribution < -0.4 is 10.1 Å². The first-order chi connectivity index (χ1) is 12.6. The van der Waals surface area contributed by atoms with Gasteiger partial charge in [0, 0.05) is 22.2 Å². The van der Waals surface area contributed by atoms with Gasteiger partial charge >= 0.3 is 5.97 Å². The number of hydrogen-bond donors (Lipinski definition) is 3. The van der Waals surface area contributed by atoms with Crippen LogP contribution in [0.15, 0.2) is 48.5 Å². The van der Waals surface area contributed by atoms with Gasteiger partial charge in [-0.1, -0.05) is 0 Å². The fraction of sp³-hybridized carbons (Fsp3) is 0.200. The number of ether oxygens (including phenoxy) is 1. The number of nitrogens with one attached hydrogen (secondary N) is 2. The van der Waals surface area contributed by atoms with Gasteiger partial charge in [0.05, 0.1) is 6.61 Å². The molecule has 132 valence electrons. The SMILES string of the molecule is O=C(Nc1ccc2[nH]c(C(=O)O)cc2c1)c1ccc(OCC2CC2)cc1. The Bertz CT molecular complexity index is 971. The highest BCUT2D eigenvalue weighted by Gasteiger charge is 2.21. The largest absolute Gasteiger partial charge is 0.493 e. The minimum Gasteiger partial charge on any atom is -0.493 e. The van der Waals surface area contributed by atoms with E-state index in [1.807, 2.05) is 0 Å². The second-order valence-electron chi connectivity index (χ2n) is 6.52. The summed E-state index contributed by atoms with van der Waals surface area (Å²) in [4.78, 5) is 26.2. The first kappa shape index (κ1) is 16.2. The Morgan fingerprint density at radius 1 is 1.12 bits per heavy atom. The Morgan fingerprint density at radius 2 is 1.88 bits per heavy atom. The van der Waals surface area contributed by atoms with E-state index in [2.05, 4.69) is 10.3 Å². The smallest absolute Gasteiger partial charge is 0.352 e. The van der Waals surface area contributed by atoms with Crippen molar-refractivity contribution in [2.45, 2.75) is 12.8 Å². The molecule has 1 saturated carbocycles. The first-order valence-electron chi connectivity index (χ1n) is 8.49. The van der Waals surface area contributed by atoms with E-state index in [4.69, 9.17) is 9.84 Å². The fourth-order valence-corrected chi connectivity index (χ4v) is 2.73. The van der Waals surface area contributed by atoms with Gasteiger partial charge in [0.1, 0.15) is 11.4 Å². The van der Waals surface area contributed by atoms with Crippen LogP contribution in [-0.4, -0.2) is 28.6 Å². The van der Waals surface area contributed by atoms with Gasteiger partial charge < -0.3 is 20.1 Å². The molecule has 0 atom stereocenters. The maximum Gasteiger partial charge on any atom is 0.352 e. The number of carboxylic acid groups (broad SMARTS) is 1. The highest BCUT2D eigenvalue weighted by Crippen LogP contribution is 2.29. The Hall–Kier alpha value is -3.28. The van der Waals surface area contributed by atoms with Crippen LogP contribution in [0.25, 0.3) is 10.9 Å². The maximum absolute atomic E-state index is 12.4. The average Bonchev–Trinajstić information content (AvgIpc) is 3.37. The van der Waals surface area contributed by atoms with Crippen molar-refractivity contribution < 1.29 is 19.4 Å². The minimum absolute atomic E-state index is 0.116. The number of benzene rings is 2. The molecule has 1 heterocycles. The predicted octanol–water partition coefficient (Wildman–Crippen LogP) is 3.91. The van der Waals surface area contributed by atoms with E-state index in [1.54, 1.807) is 48.5 Å². The molecule has 1 aliphatic rings. The molecule has 6 nitrogen and oxygen atoms in total. The van der Waals surface area contributed by atoms with Gasteiger partial charge in [0.2, 0.25) is 0 Å². The lowest BCUT2D eigenvalue weighted by Crippen LogP contribution is -2.11. The zero-order chi connectivity index (χ0) is 18.1. The van der Waals surface area contributed by atoms with Crippen molar-refractivity contribution in [2.24, 2.45) is 5.92 Å². The van der Waals surface area contributed by atoms with Crippen LogP contribution in [0.2, 0.25) is 0 Å². The van der Waals surface area contributed by atoms with E-state index in [-0.39, 0.29) is 11.6 Å². The first-order valence-corrected chi connectivity index (χ1v) is 8.49. The van der Waals surface area contributed by atoms with Gasteiger partial charge in [-0.25, -0.2) is 4.79 Å². The maximum atomic E-state index is 12.4. The molecule has 0 spiro atoms. The summed E-state index contributed by atoms with van der Waals surface area (Å²) in [5, 5.41) is 12.6. The topological polar surface area (TPSA) is 91.4 Å². The summed E-state index contributed by atoms with van der Waals surface area (Å²) in [6, 6.07) is 13.8. The van der Waals surface area contributed by atoms with Crippen LogP contribution in [0.1, 0.15) is 33.7 Å². The van der Waals surface area contributed by atoms with Crippen LogP contribution in [0.5, 0.6) is 5.75 Å². The van der Waals surface area contributed by atoms with E-state index >= 15 is 0 Å². The summed E-state index contributed by atoms with van der Waals surface area (Å²) in [6.07, 6.45) is 2.47. The quantitative estimate of drug-likeness (QED) is 0.628. The van der Waals surface area contributed by atoms with Gasteiger partial charge in [0.25, 0.3) is 5.91 Å². The molecule has 1 aromatic heterocycles. The van der Waals surface area contributed by atoms with Crippen LogP contribution >= 0.6 is 0 Å². The van der Waals surface area contributed by atoms with Crippen LogP contribution in [0.4, 0.5) is 5.69 Å². The van der Waals surface area contributed by atoms with Crippen molar-refractivity contribution in [2.75, 3.05) is 11.9 Å². The molecule has 0 radical (unpaired) electrons. The highest BCUT2D eigenvalue weighted by atomic mass is 16.5. The molecular formula is C20H18N2O4. The number of H-pyrrole nitrogens is 1. The molecule has 1 amide bonds. The minimum atomic E-state index is -1.02. The number of carboxylic acids is 1. The molecule has 26 heavy (non-hydrogen) atoms. The number of carbonyl (C=O) groups is 2. The molecule has 3 N–H and O–H groups in total. The summed E-state index contributed by atoms with van der Waals surface area (Å²) in [5.74, 6) is 0.203. The van der Waals surface area contributed by atoms with Gasteiger partial charge in [-0.15, -0.1) is 0 Å². The van der Waals surface area contributed by atoms with E-state index in [0.29, 0.717) is 22.7 Å².